The molecule has 2 aromatic rings. The Hall–Kier alpha value is -2.05. The molecule has 6 nitrogen and oxygen atoms in total. The van der Waals surface area contributed by atoms with Crippen LogP contribution in [0.5, 0.6) is 0 Å². The number of esters is 1. The minimum atomic E-state index is -0.626. The van der Waals surface area contributed by atoms with Crippen molar-refractivity contribution in [1.29, 1.82) is 0 Å². The lowest BCUT2D eigenvalue weighted by molar-refractivity contribution is 0.0524. The summed E-state index contributed by atoms with van der Waals surface area (Å²) < 4.78 is 10.3. The highest BCUT2D eigenvalue weighted by Gasteiger charge is 2.18. The molecule has 122 valence electrons. The summed E-state index contributed by atoms with van der Waals surface area (Å²) in [7, 11) is 0. The average Bonchev–Trinajstić information content (AvgIpc) is 2.55. The van der Waals surface area contributed by atoms with Crippen LogP contribution in [0.4, 0.5) is 5.69 Å². The number of nitrogens with one attached hydrogen (secondary N) is 1. The fraction of sp³-hybridized carbons (Fsp3) is 0.375. The Kier molecular flexibility index (Phi) is 4.54. The number of hydrogen-bond acceptors (Lipinski definition) is 5. The van der Waals surface area contributed by atoms with Gasteiger partial charge in [0.2, 0.25) is 5.43 Å². The summed E-state index contributed by atoms with van der Waals surface area (Å²) in [6.07, 6.45) is 1.37. The lowest BCUT2D eigenvalue weighted by Gasteiger charge is -2.29. The third kappa shape index (κ3) is 3.04. The lowest BCUT2D eigenvalue weighted by Crippen LogP contribution is -2.36. The molecule has 23 heavy (non-hydrogen) atoms. The monoisotopic (exact) mass is 336 g/mol. The number of carbonyl (C=O) groups is 1. The Morgan fingerprint density at radius 3 is 2.83 bits per heavy atom. The zero-order valence-electron chi connectivity index (χ0n) is 12.7. The van der Waals surface area contributed by atoms with E-state index in [0.29, 0.717) is 42.2 Å². The number of aromatic nitrogens is 1. The first-order valence-electron chi connectivity index (χ1n) is 7.46. The van der Waals surface area contributed by atoms with Crippen molar-refractivity contribution in [3.05, 3.63) is 39.1 Å². The number of anilines is 1. The van der Waals surface area contributed by atoms with Gasteiger partial charge in [-0.05, 0) is 19.1 Å². The smallest absolute Gasteiger partial charge is 0.343 e. The molecule has 1 aliphatic rings. The van der Waals surface area contributed by atoms with Gasteiger partial charge < -0.3 is 19.4 Å². The van der Waals surface area contributed by atoms with Crippen LogP contribution in [0, 0.1) is 0 Å². The van der Waals surface area contributed by atoms with Gasteiger partial charge in [0.05, 0.1) is 36.0 Å². The first kappa shape index (κ1) is 15.8. The number of nitrogens with zero attached hydrogens (tertiary/aromatic N) is 1. The normalized spacial score (nSPS) is 15.0. The lowest BCUT2D eigenvalue weighted by atomic mass is 10.1. The Morgan fingerprint density at radius 1 is 1.39 bits per heavy atom. The second kappa shape index (κ2) is 6.60. The van der Waals surface area contributed by atoms with Crippen molar-refractivity contribution < 1.29 is 14.3 Å². The van der Waals surface area contributed by atoms with E-state index in [2.05, 4.69) is 9.88 Å². The molecule has 1 aromatic carbocycles. The van der Waals surface area contributed by atoms with Gasteiger partial charge in [0, 0.05) is 24.7 Å². The average molecular weight is 337 g/mol. The molecular formula is C16H17ClN2O4. The molecule has 3 rings (SSSR count). The topological polar surface area (TPSA) is 71.6 Å². The summed E-state index contributed by atoms with van der Waals surface area (Å²) in [4.78, 5) is 29.5. The maximum Gasteiger partial charge on any atom is 0.343 e. The van der Waals surface area contributed by atoms with Gasteiger partial charge in [-0.1, -0.05) is 11.6 Å². The Bertz CT molecular complexity index is 797. The second-order valence-electron chi connectivity index (χ2n) is 5.20. The number of halogens is 1. The van der Waals surface area contributed by atoms with Gasteiger partial charge >= 0.3 is 5.97 Å². The summed E-state index contributed by atoms with van der Waals surface area (Å²) in [6.45, 7) is 4.57. The summed E-state index contributed by atoms with van der Waals surface area (Å²) in [6, 6.07) is 3.43. The van der Waals surface area contributed by atoms with E-state index < -0.39 is 5.97 Å². The zero-order chi connectivity index (χ0) is 16.4. The van der Waals surface area contributed by atoms with Crippen LogP contribution in [0.3, 0.4) is 0 Å². The van der Waals surface area contributed by atoms with Gasteiger partial charge in [-0.25, -0.2) is 4.79 Å². The maximum atomic E-state index is 12.6. The third-order valence-corrected chi connectivity index (χ3v) is 4.10. The summed E-state index contributed by atoms with van der Waals surface area (Å²) in [5.41, 5.74) is 0.997. The fourth-order valence-corrected chi connectivity index (χ4v) is 2.92. The number of ether oxygens (including phenoxy) is 2. The van der Waals surface area contributed by atoms with Crippen molar-refractivity contribution >= 4 is 34.2 Å². The van der Waals surface area contributed by atoms with E-state index >= 15 is 0 Å². The number of fused-ring (bicyclic) bond motifs is 1. The van der Waals surface area contributed by atoms with E-state index in [-0.39, 0.29) is 17.6 Å². The second-order valence-corrected chi connectivity index (χ2v) is 5.61. The van der Waals surface area contributed by atoms with Gasteiger partial charge in [0.1, 0.15) is 5.56 Å². The molecule has 2 heterocycles. The quantitative estimate of drug-likeness (QED) is 0.870. The fourth-order valence-electron chi connectivity index (χ4n) is 2.64. The van der Waals surface area contributed by atoms with Gasteiger partial charge in [-0.15, -0.1) is 0 Å². The number of aromatic amines is 1. The Morgan fingerprint density at radius 2 is 2.13 bits per heavy atom. The van der Waals surface area contributed by atoms with E-state index in [1.54, 1.807) is 19.1 Å². The van der Waals surface area contributed by atoms with Crippen LogP contribution < -0.4 is 10.3 Å². The number of rotatable bonds is 3. The molecule has 0 aliphatic carbocycles. The molecule has 1 N–H and O–H groups in total. The van der Waals surface area contributed by atoms with Crippen LogP contribution in [0.1, 0.15) is 17.3 Å². The molecule has 0 amide bonds. The molecule has 1 saturated heterocycles. The first-order valence-corrected chi connectivity index (χ1v) is 7.84. The molecule has 0 radical (unpaired) electrons. The van der Waals surface area contributed by atoms with Crippen LogP contribution in [-0.2, 0) is 9.47 Å². The van der Waals surface area contributed by atoms with Crippen molar-refractivity contribution in [2.45, 2.75) is 6.92 Å². The van der Waals surface area contributed by atoms with E-state index in [4.69, 9.17) is 21.1 Å². The molecule has 1 aliphatic heterocycles. The molecule has 1 aromatic heterocycles. The summed E-state index contributed by atoms with van der Waals surface area (Å²) in [5.74, 6) is -0.626. The Labute approximate surface area is 137 Å². The van der Waals surface area contributed by atoms with Gasteiger partial charge in [-0.3, -0.25) is 4.79 Å². The predicted octanol–water partition coefficient (Wildman–Crippen LogP) is 2.19. The number of carbonyl (C=O) groups excluding carboxylic acids is 1. The van der Waals surface area contributed by atoms with Crippen molar-refractivity contribution in [3.63, 3.8) is 0 Å². The Balaban J connectivity index is 2.10. The van der Waals surface area contributed by atoms with E-state index in [9.17, 15) is 9.59 Å². The largest absolute Gasteiger partial charge is 0.462 e. The van der Waals surface area contributed by atoms with Gasteiger partial charge in [0.25, 0.3) is 0 Å². The maximum absolute atomic E-state index is 12.6. The van der Waals surface area contributed by atoms with Gasteiger partial charge in [0.15, 0.2) is 0 Å². The first-order chi connectivity index (χ1) is 11.1. The molecular weight excluding hydrogens is 320 g/mol. The molecule has 0 atom stereocenters. The van der Waals surface area contributed by atoms with E-state index in [0.717, 1.165) is 5.69 Å². The molecule has 0 spiro atoms. The van der Waals surface area contributed by atoms with Crippen molar-refractivity contribution in [3.8, 4) is 0 Å². The minimum Gasteiger partial charge on any atom is -0.462 e. The number of pyridine rings is 1. The molecule has 7 heteroatoms. The predicted molar refractivity (Wildman–Crippen MR) is 88.6 cm³/mol. The highest BCUT2D eigenvalue weighted by atomic mass is 35.5. The molecule has 0 unspecified atom stereocenters. The SMILES string of the molecule is CCOC(=O)c1c[nH]c2cc(Cl)c(N3CCOCC3)cc2c1=O. The van der Waals surface area contributed by atoms with Crippen LogP contribution >= 0.6 is 11.6 Å². The van der Waals surface area contributed by atoms with Crippen molar-refractivity contribution in [1.82, 2.24) is 4.98 Å². The molecule has 1 fully saturated rings. The van der Waals surface area contributed by atoms with Crippen molar-refractivity contribution in [2.75, 3.05) is 37.8 Å². The van der Waals surface area contributed by atoms with Crippen LogP contribution in [0.15, 0.2) is 23.1 Å². The van der Waals surface area contributed by atoms with E-state index in [1.807, 2.05) is 0 Å². The third-order valence-electron chi connectivity index (χ3n) is 3.80. The number of morpholine rings is 1. The zero-order valence-corrected chi connectivity index (χ0v) is 13.5. The number of hydrogen-bond donors (Lipinski definition) is 1. The molecule has 0 bridgehead atoms. The molecule has 0 saturated carbocycles. The number of benzene rings is 1. The van der Waals surface area contributed by atoms with Crippen LogP contribution in [0.2, 0.25) is 5.02 Å². The summed E-state index contributed by atoms with van der Waals surface area (Å²) in [5, 5.41) is 0.973. The van der Waals surface area contributed by atoms with Crippen molar-refractivity contribution in [2.24, 2.45) is 0 Å². The summed E-state index contributed by atoms with van der Waals surface area (Å²) >= 11 is 6.34. The number of H-pyrrole nitrogens is 1. The van der Waals surface area contributed by atoms with Gasteiger partial charge in [-0.2, -0.15) is 0 Å². The van der Waals surface area contributed by atoms with E-state index in [1.165, 1.54) is 6.20 Å². The van der Waals surface area contributed by atoms with Crippen LogP contribution in [-0.4, -0.2) is 43.9 Å². The highest BCUT2D eigenvalue weighted by Crippen LogP contribution is 2.30. The highest BCUT2D eigenvalue weighted by molar-refractivity contribution is 6.34. The standard InChI is InChI=1S/C16H17ClN2O4/c1-2-23-16(21)11-9-18-13-8-12(17)14(7-10(13)15(11)20)19-3-5-22-6-4-19/h7-9H,2-6H2,1H3,(H,18,20). The van der Waals surface area contributed by atoms with Crippen LogP contribution in [0.25, 0.3) is 10.9 Å². The minimum absolute atomic E-state index is 0.00500.